The molecular formula is C68H84N2Si2. The third-order valence-electron chi connectivity index (χ3n) is 15.1. The third-order valence-corrected chi connectivity index (χ3v) is 19.8. The van der Waals surface area contributed by atoms with Crippen LogP contribution >= 0.6 is 0 Å². The van der Waals surface area contributed by atoms with E-state index in [1.807, 2.05) is 0 Å². The molecule has 0 amide bonds. The lowest BCUT2D eigenvalue weighted by atomic mass is 9.80. The molecule has 0 aliphatic carbocycles. The lowest BCUT2D eigenvalue weighted by molar-refractivity contribution is 0.568. The third kappa shape index (κ3) is 11.0. The van der Waals surface area contributed by atoms with E-state index in [0.29, 0.717) is 0 Å². The summed E-state index contributed by atoms with van der Waals surface area (Å²) in [7, 11) is -1.70. The maximum atomic E-state index is 2.72. The number of anilines is 6. The highest BCUT2D eigenvalue weighted by atomic mass is 28.3. The lowest BCUT2D eigenvalue weighted by Crippen LogP contribution is -2.33. The molecule has 0 spiro atoms. The van der Waals surface area contributed by atoms with Crippen molar-refractivity contribution in [3.05, 3.63) is 179 Å². The normalized spacial score (nSPS) is 12.8. The molecule has 0 bridgehead atoms. The van der Waals surface area contributed by atoms with Crippen molar-refractivity contribution < 1.29 is 0 Å². The molecule has 0 aliphatic rings. The van der Waals surface area contributed by atoms with E-state index in [9.17, 15) is 0 Å². The molecule has 0 radical (unpaired) electrons. The standard InChI is InChI=1S/C68H84N2Si2/c1-18-71-57-42-56(43-58(44-57)72(19-2)20-3)70(55-40-51(67(12,13)14)37-52(41-55)68(15,16)17)63-59-28-24-25-29-60(59)64(62-35-48(30-31-61(62)63)47-26-22-21-23-27-47)69(53-33-45(4)32-46(5)34-53)54-38-49(65(6,7)8)36-50(39-54)66(9,10)11/h21-44,72H,18-20,71H2,1-17H3. The van der Waals surface area contributed by atoms with Gasteiger partial charge in [0.1, 0.15) is 0 Å². The lowest BCUT2D eigenvalue weighted by Gasteiger charge is -2.36. The average Bonchev–Trinajstić information content (AvgIpc) is 3.31. The summed E-state index contributed by atoms with van der Waals surface area (Å²) in [4.78, 5) is 5.34. The Morgan fingerprint density at radius 3 is 1.25 bits per heavy atom. The molecule has 0 fully saturated rings. The van der Waals surface area contributed by atoms with Gasteiger partial charge >= 0.3 is 0 Å². The number of nitrogens with zero attached hydrogens (tertiary/aromatic N) is 2. The van der Waals surface area contributed by atoms with Crippen LogP contribution in [0.5, 0.6) is 0 Å². The SMILES string of the molecule is CC[SiH2]c1cc(N(c2cc(C(C)(C)C)cc(C(C)(C)C)c2)c2c3ccccc3c(N(c3cc(C)cc(C)c3)c3cc(C(C)(C)C)cc(C(C)(C)C)c3)c3cc(-c4ccccc4)ccc23)cc([SiH](CC)CC)c1. The van der Waals surface area contributed by atoms with Gasteiger partial charge in [0, 0.05) is 44.3 Å². The van der Waals surface area contributed by atoms with Gasteiger partial charge < -0.3 is 9.80 Å². The van der Waals surface area contributed by atoms with Crippen molar-refractivity contribution in [1.82, 2.24) is 0 Å². The number of fused-ring (bicyclic) bond motifs is 2. The number of aryl methyl sites for hydroxylation is 2. The maximum Gasteiger partial charge on any atom is 0.0703 e. The predicted octanol–water partition coefficient (Wildman–Crippen LogP) is 18.1. The molecule has 0 saturated heterocycles. The van der Waals surface area contributed by atoms with Crippen LogP contribution in [0.3, 0.4) is 0 Å². The van der Waals surface area contributed by atoms with Gasteiger partial charge in [-0.05, 0) is 135 Å². The van der Waals surface area contributed by atoms with Crippen LogP contribution in [-0.4, -0.2) is 18.3 Å². The largest absolute Gasteiger partial charge is 0.309 e. The molecule has 0 heterocycles. The Bertz CT molecular complexity index is 3150. The monoisotopic (exact) mass is 985 g/mol. The first-order valence-corrected chi connectivity index (χ1v) is 31.0. The van der Waals surface area contributed by atoms with Gasteiger partial charge in [-0.1, -0.05) is 223 Å². The van der Waals surface area contributed by atoms with E-state index in [2.05, 4.69) is 273 Å². The molecule has 8 aromatic carbocycles. The number of rotatable bonds is 12. The second kappa shape index (κ2) is 20.3. The Morgan fingerprint density at radius 1 is 0.389 bits per heavy atom. The number of benzene rings is 8. The zero-order valence-corrected chi connectivity index (χ0v) is 49.7. The molecular weight excluding hydrogens is 901 g/mol. The van der Waals surface area contributed by atoms with Crippen molar-refractivity contribution >= 4 is 84.4 Å². The smallest absolute Gasteiger partial charge is 0.0703 e. The molecule has 2 nitrogen and oxygen atoms in total. The van der Waals surface area contributed by atoms with Gasteiger partial charge in [-0.25, -0.2) is 0 Å². The summed E-state index contributed by atoms with van der Waals surface area (Å²) < 4.78 is 0. The van der Waals surface area contributed by atoms with Crippen LogP contribution in [0.4, 0.5) is 34.1 Å². The van der Waals surface area contributed by atoms with Crippen LogP contribution in [-0.2, 0) is 21.7 Å². The minimum Gasteiger partial charge on any atom is -0.309 e. The molecule has 8 rings (SSSR count). The Labute approximate surface area is 439 Å². The summed E-state index contributed by atoms with van der Waals surface area (Å²) in [5, 5.41) is 8.10. The first kappa shape index (κ1) is 52.6. The predicted molar refractivity (Wildman–Crippen MR) is 327 cm³/mol. The minimum atomic E-state index is -1.22. The van der Waals surface area contributed by atoms with Crippen molar-refractivity contribution in [2.45, 2.75) is 157 Å². The number of hydrogen-bond donors (Lipinski definition) is 0. The van der Waals surface area contributed by atoms with Gasteiger partial charge in [-0.2, -0.15) is 0 Å². The summed E-state index contributed by atoms with van der Waals surface area (Å²) in [6, 6.07) is 61.4. The molecule has 0 aliphatic heterocycles. The molecule has 0 atom stereocenters. The fraction of sp³-hybridized carbons (Fsp3) is 0.353. The maximum absolute atomic E-state index is 2.72. The highest BCUT2D eigenvalue weighted by Gasteiger charge is 2.31. The molecule has 8 aromatic rings. The molecule has 0 aromatic heterocycles. The van der Waals surface area contributed by atoms with E-state index in [1.165, 1.54) is 118 Å². The van der Waals surface area contributed by atoms with Gasteiger partial charge in [0.15, 0.2) is 0 Å². The molecule has 374 valence electrons. The fourth-order valence-electron chi connectivity index (χ4n) is 10.8. The van der Waals surface area contributed by atoms with Crippen molar-refractivity contribution in [2.75, 3.05) is 9.80 Å². The van der Waals surface area contributed by atoms with Crippen LogP contribution < -0.4 is 20.2 Å². The molecule has 4 heteroatoms. The quantitative estimate of drug-likeness (QED) is 0.0684. The molecule has 0 saturated carbocycles. The first-order valence-electron chi connectivity index (χ1n) is 27.1. The zero-order valence-electron chi connectivity index (χ0n) is 47.2. The van der Waals surface area contributed by atoms with Crippen LogP contribution in [0, 0.1) is 13.8 Å². The van der Waals surface area contributed by atoms with Crippen LogP contribution in [0.25, 0.3) is 32.7 Å². The Hall–Kier alpha value is -5.69. The van der Waals surface area contributed by atoms with Gasteiger partial charge in [-0.3, -0.25) is 0 Å². The summed E-state index contributed by atoms with van der Waals surface area (Å²) in [5.41, 5.74) is 17.3. The molecule has 72 heavy (non-hydrogen) atoms. The first-order chi connectivity index (χ1) is 33.9. The van der Waals surface area contributed by atoms with Gasteiger partial charge in [0.2, 0.25) is 0 Å². The van der Waals surface area contributed by atoms with E-state index in [-0.39, 0.29) is 21.7 Å². The highest BCUT2D eigenvalue weighted by molar-refractivity contribution is 6.73. The van der Waals surface area contributed by atoms with Crippen LogP contribution in [0.2, 0.25) is 18.1 Å². The van der Waals surface area contributed by atoms with Crippen molar-refractivity contribution in [1.29, 1.82) is 0 Å². The second-order valence-electron chi connectivity index (χ2n) is 25.1. The summed E-state index contributed by atoms with van der Waals surface area (Å²) in [5.74, 6) is 0. The Kier molecular flexibility index (Phi) is 14.9. The van der Waals surface area contributed by atoms with Gasteiger partial charge in [-0.15, -0.1) is 0 Å². The Morgan fingerprint density at radius 2 is 0.806 bits per heavy atom. The summed E-state index contributed by atoms with van der Waals surface area (Å²) in [6.45, 7) is 40.1. The van der Waals surface area contributed by atoms with Crippen molar-refractivity contribution in [3.8, 4) is 11.1 Å². The van der Waals surface area contributed by atoms with E-state index in [0.717, 1.165) is 0 Å². The topological polar surface area (TPSA) is 6.48 Å². The van der Waals surface area contributed by atoms with Crippen molar-refractivity contribution in [3.63, 3.8) is 0 Å². The van der Waals surface area contributed by atoms with Crippen LogP contribution in [0.15, 0.2) is 146 Å². The van der Waals surface area contributed by atoms with Crippen molar-refractivity contribution in [2.24, 2.45) is 0 Å². The summed E-state index contributed by atoms with van der Waals surface area (Å²) >= 11 is 0. The van der Waals surface area contributed by atoms with E-state index < -0.39 is 18.3 Å². The van der Waals surface area contributed by atoms with Crippen LogP contribution in [0.1, 0.15) is 137 Å². The molecule has 0 unspecified atom stereocenters. The fourth-order valence-corrected chi connectivity index (χ4v) is 14.7. The number of hydrogen-bond acceptors (Lipinski definition) is 2. The van der Waals surface area contributed by atoms with E-state index in [4.69, 9.17) is 0 Å². The second-order valence-corrected chi connectivity index (χ2v) is 31.1. The minimum absolute atomic E-state index is 0.0647. The van der Waals surface area contributed by atoms with E-state index in [1.54, 1.807) is 10.4 Å². The zero-order chi connectivity index (χ0) is 52.1. The van der Waals surface area contributed by atoms with Gasteiger partial charge in [0.25, 0.3) is 0 Å². The molecule has 0 N–H and O–H groups in total. The Balaban J connectivity index is 1.63. The average molecular weight is 986 g/mol. The highest BCUT2D eigenvalue weighted by Crippen LogP contribution is 2.53. The van der Waals surface area contributed by atoms with E-state index >= 15 is 0 Å². The summed E-state index contributed by atoms with van der Waals surface area (Å²) in [6.07, 6.45) is 0. The van der Waals surface area contributed by atoms with Gasteiger partial charge in [0.05, 0.1) is 29.7 Å².